The normalized spacial score (nSPS) is 21.5. The molecule has 0 aliphatic carbocycles. The summed E-state index contributed by atoms with van der Waals surface area (Å²) in [6, 6.07) is 6.28. The van der Waals surface area contributed by atoms with E-state index in [4.69, 9.17) is 16.3 Å². The molecule has 17 heavy (non-hydrogen) atoms. The summed E-state index contributed by atoms with van der Waals surface area (Å²) < 4.78 is 6.71. The molecule has 1 aromatic carbocycles. The second-order valence-corrected chi connectivity index (χ2v) is 5.73. The van der Waals surface area contributed by atoms with Gasteiger partial charge in [0.2, 0.25) is 0 Å². The maximum Gasteiger partial charge on any atom is 0.139 e. The van der Waals surface area contributed by atoms with Gasteiger partial charge in [-0.1, -0.05) is 24.1 Å². The third kappa shape index (κ3) is 3.36. The Hall–Kier alpha value is -0.250. The largest absolute Gasteiger partial charge is 0.490 e. The number of ether oxygens (including phenoxy) is 1. The number of piperidine rings is 1. The van der Waals surface area contributed by atoms with Gasteiger partial charge < -0.3 is 9.64 Å². The maximum atomic E-state index is 6.16. The zero-order valence-electron chi connectivity index (χ0n) is 9.96. The lowest BCUT2D eigenvalue weighted by Crippen LogP contribution is -2.40. The Balaban J connectivity index is 1.95. The van der Waals surface area contributed by atoms with Gasteiger partial charge in [0.1, 0.15) is 12.4 Å². The molecule has 1 aliphatic rings. The molecule has 1 fully saturated rings. The number of hydrogen-bond acceptors (Lipinski definition) is 2. The number of hydrogen-bond donors (Lipinski definition) is 0. The van der Waals surface area contributed by atoms with E-state index in [0.29, 0.717) is 17.7 Å². The summed E-state index contributed by atoms with van der Waals surface area (Å²) in [7, 11) is 2.16. The summed E-state index contributed by atoms with van der Waals surface area (Å²) in [6.45, 7) is 1.88. The molecule has 0 saturated carbocycles. The zero-order valence-corrected chi connectivity index (χ0v) is 12.3. The van der Waals surface area contributed by atoms with E-state index in [9.17, 15) is 0 Å². The van der Waals surface area contributed by atoms with Crippen molar-refractivity contribution in [3.63, 3.8) is 0 Å². The average Bonchev–Trinajstić information content (AvgIpc) is 2.33. The molecule has 0 spiro atoms. The third-order valence-corrected chi connectivity index (χ3v) is 4.55. The molecule has 1 unspecified atom stereocenters. The highest BCUT2D eigenvalue weighted by molar-refractivity contribution is 9.10. The first kappa shape index (κ1) is 13.2. The van der Waals surface area contributed by atoms with Crippen molar-refractivity contribution in [1.82, 2.24) is 4.90 Å². The van der Waals surface area contributed by atoms with Crippen LogP contribution in [0.2, 0.25) is 5.02 Å². The van der Waals surface area contributed by atoms with Gasteiger partial charge in [-0.05, 0) is 54.5 Å². The van der Waals surface area contributed by atoms with Crippen molar-refractivity contribution in [3.8, 4) is 5.75 Å². The number of likely N-dealkylation sites (tertiary alicyclic amines) is 1. The first-order chi connectivity index (χ1) is 8.18. The van der Waals surface area contributed by atoms with E-state index in [1.807, 2.05) is 18.2 Å². The van der Waals surface area contributed by atoms with Crippen LogP contribution in [0.4, 0.5) is 0 Å². The average molecular weight is 319 g/mol. The van der Waals surface area contributed by atoms with Crippen LogP contribution >= 0.6 is 27.5 Å². The Morgan fingerprint density at radius 1 is 1.47 bits per heavy atom. The second-order valence-electron chi connectivity index (χ2n) is 4.49. The summed E-state index contributed by atoms with van der Waals surface area (Å²) in [5, 5.41) is 0.658. The predicted octanol–water partition coefficient (Wildman–Crippen LogP) is 3.97. The van der Waals surface area contributed by atoms with Crippen LogP contribution in [0.25, 0.3) is 0 Å². The molecule has 2 nitrogen and oxygen atoms in total. The summed E-state index contributed by atoms with van der Waals surface area (Å²) in [6.07, 6.45) is 3.80. The molecule has 0 N–H and O–H groups in total. The molecular formula is C13H17BrClNO. The standard InChI is InChI=1S/C13H17BrClNO/c1-16-8-3-2-5-10(16)9-17-12-7-4-6-11(14)13(12)15/h4,6-7,10H,2-3,5,8-9H2,1H3. The second kappa shape index (κ2) is 6.07. The molecule has 1 atom stereocenters. The molecule has 1 aliphatic heterocycles. The van der Waals surface area contributed by atoms with Crippen LogP contribution in [-0.4, -0.2) is 31.1 Å². The zero-order chi connectivity index (χ0) is 12.3. The highest BCUT2D eigenvalue weighted by atomic mass is 79.9. The molecule has 94 valence electrons. The number of likely N-dealkylation sites (N-methyl/N-ethyl adjacent to an activating group) is 1. The van der Waals surface area contributed by atoms with Crippen molar-refractivity contribution in [2.24, 2.45) is 0 Å². The number of benzene rings is 1. The molecule has 1 aromatic rings. The van der Waals surface area contributed by atoms with E-state index >= 15 is 0 Å². The monoisotopic (exact) mass is 317 g/mol. The van der Waals surface area contributed by atoms with Crippen molar-refractivity contribution in [1.29, 1.82) is 0 Å². The van der Waals surface area contributed by atoms with Crippen LogP contribution in [0.1, 0.15) is 19.3 Å². The summed E-state index contributed by atoms with van der Waals surface area (Å²) >= 11 is 9.56. The molecule has 4 heteroatoms. The first-order valence-corrected chi connectivity index (χ1v) is 7.12. The van der Waals surface area contributed by atoms with Gasteiger partial charge in [-0.3, -0.25) is 0 Å². The van der Waals surface area contributed by atoms with Crippen LogP contribution < -0.4 is 4.74 Å². The summed E-state index contributed by atoms with van der Waals surface area (Å²) in [5.41, 5.74) is 0. The quantitative estimate of drug-likeness (QED) is 0.836. The fraction of sp³-hybridized carbons (Fsp3) is 0.538. The Bertz CT molecular complexity index is 386. The van der Waals surface area contributed by atoms with Crippen LogP contribution in [0.15, 0.2) is 22.7 Å². The molecule has 0 aromatic heterocycles. The summed E-state index contributed by atoms with van der Waals surface area (Å²) in [5.74, 6) is 0.764. The van der Waals surface area contributed by atoms with Crippen LogP contribution in [0.5, 0.6) is 5.75 Å². The minimum atomic E-state index is 0.513. The third-order valence-electron chi connectivity index (χ3n) is 3.27. The van der Waals surface area contributed by atoms with E-state index in [-0.39, 0.29) is 0 Å². The van der Waals surface area contributed by atoms with Gasteiger partial charge in [0.15, 0.2) is 0 Å². The lowest BCUT2D eigenvalue weighted by atomic mass is 10.0. The van der Waals surface area contributed by atoms with E-state index in [1.165, 1.54) is 25.8 Å². The highest BCUT2D eigenvalue weighted by Gasteiger charge is 2.19. The fourth-order valence-corrected chi connectivity index (χ4v) is 2.66. The number of rotatable bonds is 3. The topological polar surface area (TPSA) is 12.5 Å². The van der Waals surface area contributed by atoms with E-state index < -0.39 is 0 Å². The lowest BCUT2D eigenvalue weighted by molar-refractivity contribution is 0.125. The van der Waals surface area contributed by atoms with Crippen molar-refractivity contribution in [3.05, 3.63) is 27.7 Å². The minimum absolute atomic E-state index is 0.513. The maximum absolute atomic E-state index is 6.16. The van der Waals surface area contributed by atoms with E-state index in [2.05, 4.69) is 27.9 Å². The molecule has 0 bridgehead atoms. The fourth-order valence-electron chi connectivity index (χ4n) is 2.14. The molecular weight excluding hydrogens is 302 g/mol. The van der Waals surface area contributed by atoms with E-state index in [1.54, 1.807) is 0 Å². The first-order valence-electron chi connectivity index (χ1n) is 5.95. The van der Waals surface area contributed by atoms with Crippen molar-refractivity contribution in [2.75, 3.05) is 20.2 Å². The van der Waals surface area contributed by atoms with Crippen molar-refractivity contribution >= 4 is 27.5 Å². The van der Waals surface area contributed by atoms with Gasteiger partial charge in [-0.25, -0.2) is 0 Å². The SMILES string of the molecule is CN1CCCCC1COc1cccc(Br)c1Cl. The van der Waals surface area contributed by atoms with Gasteiger partial charge in [-0.15, -0.1) is 0 Å². The molecule has 0 amide bonds. The molecule has 1 heterocycles. The van der Waals surface area contributed by atoms with Crippen LogP contribution in [-0.2, 0) is 0 Å². The highest BCUT2D eigenvalue weighted by Crippen LogP contribution is 2.32. The lowest BCUT2D eigenvalue weighted by Gasteiger charge is -2.32. The number of halogens is 2. The van der Waals surface area contributed by atoms with Gasteiger partial charge in [0.05, 0.1) is 5.02 Å². The predicted molar refractivity (Wildman–Crippen MR) is 74.9 cm³/mol. The molecule has 1 saturated heterocycles. The van der Waals surface area contributed by atoms with Crippen molar-refractivity contribution in [2.45, 2.75) is 25.3 Å². The van der Waals surface area contributed by atoms with Crippen LogP contribution in [0, 0.1) is 0 Å². The minimum Gasteiger partial charge on any atom is -0.490 e. The Kier molecular flexibility index (Phi) is 4.71. The van der Waals surface area contributed by atoms with Gasteiger partial charge >= 0.3 is 0 Å². The van der Waals surface area contributed by atoms with Crippen LogP contribution in [0.3, 0.4) is 0 Å². The molecule has 2 rings (SSSR count). The number of nitrogens with zero attached hydrogens (tertiary/aromatic N) is 1. The Morgan fingerprint density at radius 3 is 3.06 bits per heavy atom. The van der Waals surface area contributed by atoms with Crippen molar-refractivity contribution < 1.29 is 4.74 Å². The smallest absolute Gasteiger partial charge is 0.139 e. The van der Waals surface area contributed by atoms with Gasteiger partial charge in [0.25, 0.3) is 0 Å². The Labute approximate surface area is 116 Å². The van der Waals surface area contributed by atoms with Gasteiger partial charge in [0, 0.05) is 10.5 Å². The van der Waals surface area contributed by atoms with Gasteiger partial charge in [-0.2, -0.15) is 0 Å². The Morgan fingerprint density at radius 2 is 2.29 bits per heavy atom. The summed E-state index contributed by atoms with van der Waals surface area (Å²) in [4.78, 5) is 2.37. The molecule has 0 radical (unpaired) electrons. The van der Waals surface area contributed by atoms with E-state index in [0.717, 1.165) is 10.2 Å².